The predicted molar refractivity (Wildman–Crippen MR) is 83.8 cm³/mol. The van der Waals surface area contributed by atoms with Gasteiger partial charge in [0.1, 0.15) is 11.7 Å². The molecular weight excluding hydrogens is 314 g/mol. The number of hydrogen-bond donors (Lipinski definition) is 0. The molecule has 0 atom stereocenters. The number of carboxylic acid groups (broad SMARTS) is 1. The highest BCUT2D eigenvalue weighted by Gasteiger charge is 2.13. The van der Waals surface area contributed by atoms with E-state index in [1.54, 1.807) is 13.0 Å². The van der Waals surface area contributed by atoms with Crippen LogP contribution in [0.3, 0.4) is 0 Å². The molecule has 2 aromatic heterocycles. The Hall–Kier alpha value is -2.54. The number of rotatable bonds is 5. The van der Waals surface area contributed by atoms with E-state index >= 15 is 0 Å². The number of aromatic nitrogens is 3. The van der Waals surface area contributed by atoms with Crippen molar-refractivity contribution in [2.75, 3.05) is 0 Å². The van der Waals surface area contributed by atoms with Crippen LogP contribution in [-0.4, -0.2) is 20.7 Å². The van der Waals surface area contributed by atoms with E-state index in [4.69, 9.17) is 4.42 Å². The molecule has 118 valence electrons. The number of carbonyl (C=O) groups is 1. The fourth-order valence-electron chi connectivity index (χ4n) is 2.24. The average Bonchev–Trinajstić information content (AvgIpc) is 3.09. The van der Waals surface area contributed by atoms with E-state index in [1.165, 1.54) is 11.8 Å². The second-order valence-electron chi connectivity index (χ2n) is 5.03. The zero-order chi connectivity index (χ0) is 16.4. The van der Waals surface area contributed by atoms with Crippen molar-refractivity contribution in [2.24, 2.45) is 7.05 Å². The topological polar surface area (TPSA) is 84.0 Å². The van der Waals surface area contributed by atoms with Crippen LogP contribution in [0.1, 0.15) is 21.9 Å². The van der Waals surface area contributed by atoms with E-state index in [-0.39, 0.29) is 5.76 Å². The lowest BCUT2D eigenvalue weighted by Crippen LogP contribution is -2.22. The third-order valence-electron chi connectivity index (χ3n) is 3.36. The molecule has 0 unspecified atom stereocenters. The van der Waals surface area contributed by atoms with Crippen LogP contribution in [0.4, 0.5) is 0 Å². The third kappa shape index (κ3) is 3.14. The largest absolute Gasteiger partial charge is 0.542 e. The minimum atomic E-state index is -1.30. The molecule has 3 rings (SSSR count). The van der Waals surface area contributed by atoms with Crippen molar-refractivity contribution in [3.05, 3.63) is 53.5 Å². The summed E-state index contributed by atoms with van der Waals surface area (Å²) >= 11 is 1.43. The standard InChI is InChI=1S/C16H15N3O3S/c1-10-8-12(22-13(10)15(20)21)9-23-16-18-17-14(19(16)2)11-6-4-3-5-7-11/h3-8H,9H2,1-2H3,(H,20,21)/p-1. The number of furan rings is 1. The summed E-state index contributed by atoms with van der Waals surface area (Å²) in [4.78, 5) is 10.9. The van der Waals surface area contributed by atoms with Crippen molar-refractivity contribution >= 4 is 17.7 Å². The molecule has 2 heterocycles. The molecule has 1 aromatic carbocycles. The van der Waals surface area contributed by atoms with Crippen molar-refractivity contribution in [1.82, 2.24) is 14.8 Å². The van der Waals surface area contributed by atoms with Crippen molar-refractivity contribution < 1.29 is 14.3 Å². The maximum absolute atomic E-state index is 10.9. The quantitative estimate of drug-likeness (QED) is 0.666. The molecule has 0 amide bonds. The molecule has 0 saturated heterocycles. The Morgan fingerprint density at radius 1 is 1.30 bits per heavy atom. The maximum Gasteiger partial charge on any atom is 0.191 e. The molecule has 6 nitrogen and oxygen atoms in total. The molecule has 0 spiro atoms. The monoisotopic (exact) mass is 328 g/mol. The van der Waals surface area contributed by atoms with E-state index in [0.717, 1.165) is 16.5 Å². The van der Waals surface area contributed by atoms with Gasteiger partial charge in [-0.3, -0.25) is 0 Å². The molecule has 3 aromatic rings. The average molecular weight is 328 g/mol. The van der Waals surface area contributed by atoms with Gasteiger partial charge in [-0.15, -0.1) is 10.2 Å². The first-order valence-corrected chi connectivity index (χ1v) is 7.93. The van der Waals surface area contributed by atoms with Crippen LogP contribution in [0.25, 0.3) is 11.4 Å². The molecular formula is C16H14N3O3S-. The van der Waals surface area contributed by atoms with Crippen molar-refractivity contribution in [3.63, 3.8) is 0 Å². The Balaban J connectivity index is 1.76. The third-order valence-corrected chi connectivity index (χ3v) is 4.41. The molecule has 0 bridgehead atoms. The van der Waals surface area contributed by atoms with Gasteiger partial charge in [0.15, 0.2) is 16.7 Å². The Bertz CT molecular complexity index is 840. The maximum atomic E-state index is 10.9. The van der Waals surface area contributed by atoms with Crippen molar-refractivity contribution in [3.8, 4) is 11.4 Å². The second-order valence-corrected chi connectivity index (χ2v) is 5.97. The summed E-state index contributed by atoms with van der Waals surface area (Å²) < 4.78 is 7.19. The highest BCUT2D eigenvalue weighted by Crippen LogP contribution is 2.26. The van der Waals surface area contributed by atoms with Crippen LogP contribution < -0.4 is 5.11 Å². The lowest BCUT2D eigenvalue weighted by molar-refractivity contribution is -0.257. The zero-order valence-electron chi connectivity index (χ0n) is 12.6. The second kappa shape index (κ2) is 6.29. The first-order valence-electron chi connectivity index (χ1n) is 6.94. The van der Waals surface area contributed by atoms with Gasteiger partial charge in [0.25, 0.3) is 0 Å². The van der Waals surface area contributed by atoms with Crippen LogP contribution in [-0.2, 0) is 12.8 Å². The van der Waals surface area contributed by atoms with E-state index in [2.05, 4.69) is 10.2 Å². The van der Waals surface area contributed by atoms with Gasteiger partial charge in [0, 0.05) is 12.6 Å². The summed E-state index contributed by atoms with van der Waals surface area (Å²) in [7, 11) is 1.89. The molecule has 0 radical (unpaired) electrons. The van der Waals surface area contributed by atoms with Crippen LogP contribution >= 0.6 is 11.8 Å². The fraction of sp³-hybridized carbons (Fsp3) is 0.188. The summed E-state index contributed by atoms with van der Waals surface area (Å²) in [6, 6.07) is 11.5. The number of carboxylic acids is 1. The molecule has 7 heteroatoms. The number of benzene rings is 1. The Labute approximate surface area is 137 Å². The highest BCUT2D eigenvalue weighted by atomic mass is 32.2. The Morgan fingerprint density at radius 3 is 2.70 bits per heavy atom. The predicted octanol–water partition coefficient (Wildman–Crippen LogP) is 2.04. The first kappa shape index (κ1) is 15.4. The minimum Gasteiger partial charge on any atom is -0.542 e. The number of aryl methyl sites for hydroxylation is 1. The first-order chi connectivity index (χ1) is 11.1. The number of aromatic carboxylic acids is 1. The summed E-state index contributed by atoms with van der Waals surface area (Å²) in [5.41, 5.74) is 1.55. The van der Waals surface area contributed by atoms with Gasteiger partial charge >= 0.3 is 0 Å². The molecule has 0 aliphatic carbocycles. The van der Waals surface area contributed by atoms with Crippen LogP contribution in [0.15, 0.2) is 46.0 Å². The van der Waals surface area contributed by atoms with Gasteiger partial charge in [-0.25, -0.2) is 0 Å². The summed E-state index contributed by atoms with van der Waals surface area (Å²) in [6.45, 7) is 1.68. The van der Waals surface area contributed by atoms with Crippen LogP contribution in [0.5, 0.6) is 0 Å². The molecule has 0 aliphatic rings. The molecule has 0 N–H and O–H groups in total. The summed E-state index contributed by atoms with van der Waals surface area (Å²) in [5, 5.41) is 20.0. The van der Waals surface area contributed by atoms with E-state index in [9.17, 15) is 9.90 Å². The Morgan fingerprint density at radius 2 is 2.04 bits per heavy atom. The van der Waals surface area contributed by atoms with Crippen LogP contribution in [0.2, 0.25) is 0 Å². The van der Waals surface area contributed by atoms with Crippen LogP contribution in [0, 0.1) is 6.92 Å². The fourth-order valence-corrected chi connectivity index (χ4v) is 3.03. The number of carbonyl (C=O) groups excluding carboxylic acids is 1. The van der Waals surface area contributed by atoms with E-state index in [1.807, 2.05) is 41.9 Å². The van der Waals surface area contributed by atoms with Gasteiger partial charge in [0.05, 0.1) is 5.75 Å². The van der Waals surface area contributed by atoms with Gasteiger partial charge in [0.2, 0.25) is 0 Å². The number of thioether (sulfide) groups is 1. The Kier molecular flexibility index (Phi) is 4.20. The highest BCUT2D eigenvalue weighted by molar-refractivity contribution is 7.98. The zero-order valence-corrected chi connectivity index (χ0v) is 13.5. The smallest absolute Gasteiger partial charge is 0.191 e. The van der Waals surface area contributed by atoms with Crippen molar-refractivity contribution in [2.45, 2.75) is 17.8 Å². The molecule has 0 fully saturated rings. The van der Waals surface area contributed by atoms with Gasteiger partial charge < -0.3 is 18.9 Å². The summed E-state index contributed by atoms with van der Waals surface area (Å²) in [5.74, 6) is 0.386. The summed E-state index contributed by atoms with van der Waals surface area (Å²) in [6.07, 6.45) is 0. The lowest BCUT2D eigenvalue weighted by atomic mass is 10.2. The minimum absolute atomic E-state index is 0.122. The molecule has 0 aliphatic heterocycles. The van der Waals surface area contributed by atoms with Gasteiger partial charge in [-0.2, -0.15) is 0 Å². The molecule has 23 heavy (non-hydrogen) atoms. The van der Waals surface area contributed by atoms with E-state index in [0.29, 0.717) is 17.1 Å². The van der Waals surface area contributed by atoms with Gasteiger partial charge in [-0.1, -0.05) is 42.1 Å². The SMILES string of the molecule is Cc1cc(CSc2nnc(-c3ccccc3)n2C)oc1C(=O)[O-]. The normalized spacial score (nSPS) is 10.9. The lowest BCUT2D eigenvalue weighted by Gasteiger charge is -2.03. The van der Waals surface area contributed by atoms with Gasteiger partial charge in [-0.05, 0) is 18.6 Å². The van der Waals surface area contributed by atoms with E-state index < -0.39 is 5.97 Å². The number of hydrogen-bond acceptors (Lipinski definition) is 6. The van der Waals surface area contributed by atoms with Crippen molar-refractivity contribution in [1.29, 1.82) is 0 Å². The number of nitrogens with zero attached hydrogens (tertiary/aromatic N) is 3. The molecule has 0 saturated carbocycles.